The van der Waals surface area contributed by atoms with Gasteiger partial charge >= 0.3 is 0 Å². The van der Waals surface area contributed by atoms with E-state index in [4.69, 9.17) is 14.2 Å². The number of benzene rings is 2. The van der Waals surface area contributed by atoms with Gasteiger partial charge in [0.15, 0.2) is 6.61 Å². The van der Waals surface area contributed by atoms with E-state index < -0.39 is 6.10 Å². The van der Waals surface area contributed by atoms with Gasteiger partial charge in [-0.2, -0.15) is 0 Å². The van der Waals surface area contributed by atoms with Crippen molar-refractivity contribution in [2.45, 2.75) is 25.9 Å². The summed E-state index contributed by atoms with van der Waals surface area (Å²) in [6, 6.07) is 13.1. The van der Waals surface area contributed by atoms with E-state index in [-0.39, 0.29) is 18.4 Å². The van der Waals surface area contributed by atoms with E-state index in [1.165, 1.54) is 0 Å². The molecule has 2 heterocycles. The van der Waals surface area contributed by atoms with E-state index in [2.05, 4.69) is 5.32 Å². The maximum absolute atomic E-state index is 12.3. The molecule has 1 N–H and O–H groups in total. The average molecular weight is 396 g/mol. The first-order valence-electron chi connectivity index (χ1n) is 9.79. The van der Waals surface area contributed by atoms with Crippen molar-refractivity contribution in [2.24, 2.45) is 0 Å². The lowest BCUT2D eigenvalue weighted by molar-refractivity contribution is -0.124. The first-order valence-corrected chi connectivity index (χ1v) is 9.79. The van der Waals surface area contributed by atoms with Crippen molar-refractivity contribution in [3.8, 4) is 11.5 Å². The Morgan fingerprint density at radius 2 is 2.07 bits per heavy atom. The second-order valence-electron chi connectivity index (χ2n) is 7.17. The molecule has 0 radical (unpaired) electrons. The van der Waals surface area contributed by atoms with Crippen molar-refractivity contribution >= 4 is 23.2 Å². The van der Waals surface area contributed by atoms with E-state index in [1.54, 1.807) is 23.1 Å². The van der Waals surface area contributed by atoms with Crippen molar-refractivity contribution in [3.63, 3.8) is 0 Å². The zero-order valence-electron chi connectivity index (χ0n) is 16.3. The van der Waals surface area contributed by atoms with Gasteiger partial charge in [-0.3, -0.25) is 9.59 Å². The van der Waals surface area contributed by atoms with Crippen LogP contribution in [0.15, 0.2) is 42.5 Å². The third-order valence-corrected chi connectivity index (χ3v) is 5.00. The molecule has 29 heavy (non-hydrogen) atoms. The molecule has 2 aliphatic heterocycles. The summed E-state index contributed by atoms with van der Waals surface area (Å²) >= 11 is 0. The maximum Gasteiger partial charge on any atom is 0.265 e. The molecule has 0 bridgehead atoms. The van der Waals surface area contributed by atoms with Gasteiger partial charge in [0.1, 0.15) is 24.2 Å². The summed E-state index contributed by atoms with van der Waals surface area (Å²) in [7, 11) is 0. The Morgan fingerprint density at radius 1 is 1.24 bits per heavy atom. The minimum absolute atomic E-state index is 0.0410. The summed E-state index contributed by atoms with van der Waals surface area (Å²) in [4.78, 5) is 26.2. The second kappa shape index (κ2) is 8.53. The molecule has 2 aromatic rings. The van der Waals surface area contributed by atoms with E-state index in [0.717, 1.165) is 24.2 Å². The number of hydrogen-bond acceptors (Lipinski definition) is 5. The normalized spacial score (nSPS) is 18.2. The fourth-order valence-corrected chi connectivity index (χ4v) is 3.42. The van der Waals surface area contributed by atoms with E-state index in [1.807, 2.05) is 31.2 Å². The highest BCUT2D eigenvalue weighted by Gasteiger charge is 2.27. The van der Waals surface area contributed by atoms with Crippen LogP contribution in [0.25, 0.3) is 0 Å². The van der Waals surface area contributed by atoms with Gasteiger partial charge < -0.3 is 24.4 Å². The van der Waals surface area contributed by atoms with Crippen LogP contribution in [0.1, 0.15) is 18.4 Å². The summed E-state index contributed by atoms with van der Waals surface area (Å²) in [5.41, 5.74) is 2.45. The standard InChI is InChI=1S/C22H24N2O5/c1-15-4-7-17(8-5-15)27-12-10-24-18-9-6-16(13-20(18)29-14-21(24)25)23-22(26)19-3-2-11-28-19/h4-9,13,19H,2-3,10-12,14H2,1H3,(H,23,26). The lowest BCUT2D eigenvalue weighted by Crippen LogP contribution is -2.41. The highest BCUT2D eigenvalue weighted by atomic mass is 16.5. The van der Waals surface area contributed by atoms with Crippen LogP contribution in [0.2, 0.25) is 0 Å². The number of rotatable bonds is 6. The Hall–Kier alpha value is -3.06. The minimum atomic E-state index is -0.399. The number of carbonyl (C=O) groups is 2. The molecule has 1 unspecified atom stereocenters. The first kappa shape index (κ1) is 19.3. The highest BCUT2D eigenvalue weighted by molar-refractivity contribution is 5.99. The van der Waals surface area contributed by atoms with Gasteiger partial charge in [-0.25, -0.2) is 0 Å². The predicted molar refractivity (Wildman–Crippen MR) is 109 cm³/mol. The number of anilines is 2. The monoisotopic (exact) mass is 396 g/mol. The fraction of sp³-hybridized carbons (Fsp3) is 0.364. The maximum atomic E-state index is 12.3. The van der Waals surface area contributed by atoms with Crippen LogP contribution in [-0.2, 0) is 14.3 Å². The highest BCUT2D eigenvalue weighted by Crippen LogP contribution is 2.34. The van der Waals surface area contributed by atoms with Crippen LogP contribution in [0.5, 0.6) is 11.5 Å². The van der Waals surface area contributed by atoms with Gasteiger partial charge in [-0.1, -0.05) is 17.7 Å². The fourth-order valence-electron chi connectivity index (χ4n) is 3.42. The number of fused-ring (bicyclic) bond motifs is 1. The van der Waals surface area contributed by atoms with E-state index >= 15 is 0 Å². The quantitative estimate of drug-likeness (QED) is 0.812. The van der Waals surface area contributed by atoms with Gasteiger partial charge in [0.05, 0.1) is 12.2 Å². The molecule has 0 saturated carbocycles. The molecule has 4 rings (SSSR count). The zero-order chi connectivity index (χ0) is 20.2. The Kier molecular flexibility index (Phi) is 5.67. The van der Waals surface area contributed by atoms with Gasteiger partial charge in [0.2, 0.25) is 0 Å². The molecule has 2 amide bonds. The minimum Gasteiger partial charge on any atom is -0.492 e. The zero-order valence-corrected chi connectivity index (χ0v) is 16.3. The molecule has 1 saturated heterocycles. The third-order valence-electron chi connectivity index (χ3n) is 5.00. The molecule has 7 nitrogen and oxygen atoms in total. The molecular weight excluding hydrogens is 372 g/mol. The predicted octanol–water partition coefficient (Wildman–Crippen LogP) is 2.92. The molecule has 0 aromatic heterocycles. The number of ether oxygens (including phenoxy) is 3. The molecule has 2 aliphatic rings. The topological polar surface area (TPSA) is 77.1 Å². The van der Waals surface area contributed by atoms with Crippen LogP contribution in [0.4, 0.5) is 11.4 Å². The van der Waals surface area contributed by atoms with Crippen LogP contribution in [0, 0.1) is 6.92 Å². The Labute approximate surface area is 169 Å². The molecule has 0 spiro atoms. The van der Waals surface area contributed by atoms with Crippen molar-refractivity contribution < 1.29 is 23.8 Å². The van der Waals surface area contributed by atoms with Crippen LogP contribution >= 0.6 is 0 Å². The number of hydrogen-bond donors (Lipinski definition) is 1. The molecular formula is C22H24N2O5. The van der Waals surface area contributed by atoms with Crippen molar-refractivity contribution in [3.05, 3.63) is 48.0 Å². The van der Waals surface area contributed by atoms with Crippen molar-refractivity contribution in [2.75, 3.05) is 36.6 Å². The van der Waals surface area contributed by atoms with Gasteiger partial charge in [-0.15, -0.1) is 0 Å². The molecule has 152 valence electrons. The number of amides is 2. The van der Waals surface area contributed by atoms with Crippen LogP contribution in [-0.4, -0.2) is 44.3 Å². The molecule has 2 aromatic carbocycles. The third kappa shape index (κ3) is 4.51. The van der Waals surface area contributed by atoms with Crippen LogP contribution in [0.3, 0.4) is 0 Å². The molecule has 7 heteroatoms. The summed E-state index contributed by atoms with van der Waals surface area (Å²) in [5, 5.41) is 2.86. The smallest absolute Gasteiger partial charge is 0.265 e. The molecule has 1 fully saturated rings. The number of carbonyl (C=O) groups excluding carboxylic acids is 2. The summed E-state index contributed by atoms with van der Waals surface area (Å²) in [5.74, 6) is 1.05. The molecule has 1 atom stereocenters. The Balaban J connectivity index is 1.40. The van der Waals surface area contributed by atoms with Crippen molar-refractivity contribution in [1.29, 1.82) is 0 Å². The summed E-state index contributed by atoms with van der Waals surface area (Å²) < 4.78 is 16.7. The number of aryl methyl sites for hydroxylation is 1. The van der Waals surface area contributed by atoms with Gasteiger partial charge in [0, 0.05) is 18.4 Å². The Bertz CT molecular complexity index is 891. The first-order chi connectivity index (χ1) is 14.1. The SMILES string of the molecule is Cc1ccc(OCCN2C(=O)COc3cc(NC(=O)C4CCCO4)ccc32)cc1. The van der Waals surface area contributed by atoms with Gasteiger partial charge in [0.25, 0.3) is 11.8 Å². The van der Waals surface area contributed by atoms with E-state index in [0.29, 0.717) is 36.9 Å². The number of nitrogens with one attached hydrogen (secondary N) is 1. The van der Waals surface area contributed by atoms with Crippen molar-refractivity contribution in [1.82, 2.24) is 0 Å². The molecule has 0 aliphatic carbocycles. The van der Waals surface area contributed by atoms with E-state index in [9.17, 15) is 9.59 Å². The summed E-state index contributed by atoms with van der Waals surface area (Å²) in [6.07, 6.45) is 1.23. The average Bonchev–Trinajstić information content (AvgIpc) is 3.26. The summed E-state index contributed by atoms with van der Waals surface area (Å²) in [6.45, 7) is 3.37. The largest absolute Gasteiger partial charge is 0.492 e. The van der Waals surface area contributed by atoms with Gasteiger partial charge in [-0.05, 0) is 44.0 Å². The Morgan fingerprint density at radius 3 is 2.83 bits per heavy atom. The number of nitrogens with zero attached hydrogens (tertiary/aromatic N) is 1. The van der Waals surface area contributed by atoms with Crippen LogP contribution < -0.4 is 19.7 Å². The second-order valence-corrected chi connectivity index (χ2v) is 7.17. The lowest BCUT2D eigenvalue weighted by Gasteiger charge is -2.29. The lowest BCUT2D eigenvalue weighted by atomic mass is 10.2.